The molecule has 0 spiro atoms. The van der Waals surface area contributed by atoms with Crippen molar-refractivity contribution in [1.82, 2.24) is 10.2 Å². The van der Waals surface area contributed by atoms with Gasteiger partial charge in [0.25, 0.3) is 0 Å². The number of aromatic nitrogens is 2. The molecule has 7 heteroatoms. The average Bonchev–Trinajstić information content (AvgIpc) is 3.03. The molecule has 0 bridgehead atoms. The van der Waals surface area contributed by atoms with Crippen molar-refractivity contribution in [1.29, 1.82) is 5.26 Å². The van der Waals surface area contributed by atoms with Crippen molar-refractivity contribution in [2.45, 2.75) is 10.1 Å². The lowest BCUT2D eigenvalue weighted by molar-refractivity contribution is 0.632. The first-order valence-corrected chi connectivity index (χ1v) is 8.52. The van der Waals surface area contributed by atoms with E-state index < -0.39 is 0 Å². The van der Waals surface area contributed by atoms with Crippen LogP contribution in [0.1, 0.15) is 11.1 Å². The fraction of sp³-hybridized carbons (Fsp3) is 0.0625. The molecule has 0 saturated heterocycles. The third kappa shape index (κ3) is 3.86. The van der Waals surface area contributed by atoms with Crippen molar-refractivity contribution in [3.63, 3.8) is 0 Å². The van der Waals surface area contributed by atoms with Crippen LogP contribution in [0.2, 0.25) is 0 Å². The standard InChI is InChI=1S/C16H11FN4S2/c17-13-7-3-4-8-14(13)19-15-20-21-16(23-15)22-10-12-6-2-1-5-11(12)9-18/h1-8H,10H2,(H,19,20). The van der Waals surface area contributed by atoms with E-state index in [9.17, 15) is 4.39 Å². The summed E-state index contributed by atoms with van der Waals surface area (Å²) in [5, 5.41) is 20.6. The number of nitrogens with zero attached hydrogens (tertiary/aromatic N) is 3. The molecular formula is C16H11FN4S2. The normalized spacial score (nSPS) is 10.3. The van der Waals surface area contributed by atoms with Gasteiger partial charge >= 0.3 is 0 Å². The Morgan fingerprint density at radius 3 is 2.74 bits per heavy atom. The molecule has 0 aliphatic carbocycles. The van der Waals surface area contributed by atoms with Crippen molar-refractivity contribution in [2.24, 2.45) is 0 Å². The van der Waals surface area contributed by atoms with Crippen LogP contribution in [-0.4, -0.2) is 10.2 Å². The molecule has 4 nitrogen and oxygen atoms in total. The minimum absolute atomic E-state index is 0.333. The number of para-hydroxylation sites is 1. The monoisotopic (exact) mass is 342 g/mol. The maximum Gasteiger partial charge on any atom is 0.210 e. The molecule has 3 aromatic rings. The first-order valence-electron chi connectivity index (χ1n) is 6.72. The molecule has 0 aliphatic heterocycles. The van der Waals surface area contributed by atoms with Crippen LogP contribution >= 0.6 is 23.1 Å². The number of rotatable bonds is 5. The number of hydrogen-bond acceptors (Lipinski definition) is 6. The van der Waals surface area contributed by atoms with E-state index in [2.05, 4.69) is 21.6 Å². The highest BCUT2D eigenvalue weighted by Crippen LogP contribution is 2.30. The van der Waals surface area contributed by atoms with Crippen molar-refractivity contribution in [3.8, 4) is 6.07 Å². The molecule has 1 heterocycles. The molecule has 0 atom stereocenters. The maximum absolute atomic E-state index is 13.6. The highest BCUT2D eigenvalue weighted by Gasteiger charge is 2.09. The van der Waals surface area contributed by atoms with Gasteiger partial charge in [0.05, 0.1) is 17.3 Å². The Hall–Kier alpha value is -2.43. The molecule has 3 rings (SSSR count). The van der Waals surface area contributed by atoms with E-state index >= 15 is 0 Å². The Balaban J connectivity index is 1.66. The van der Waals surface area contributed by atoms with Crippen LogP contribution in [0.25, 0.3) is 0 Å². The highest BCUT2D eigenvalue weighted by molar-refractivity contribution is 8.00. The Morgan fingerprint density at radius 1 is 1.13 bits per heavy atom. The van der Waals surface area contributed by atoms with Crippen molar-refractivity contribution in [2.75, 3.05) is 5.32 Å². The van der Waals surface area contributed by atoms with Gasteiger partial charge in [0, 0.05) is 5.75 Å². The summed E-state index contributed by atoms with van der Waals surface area (Å²) in [5.41, 5.74) is 1.99. The van der Waals surface area contributed by atoms with Gasteiger partial charge in [0.2, 0.25) is 5.13 Å². The molecule has 1 N–H and O–H groups in total. The highest BCUT2D eigenvalue weighted by atomic mass is 32.2. The summed E-state index contributed by atoms with van der Waals surface area (Å²) >= 11 is 2.85. The molecule has 2 aromatic carbocycles. The summed E-state index contributed by atoms with van der Waals surface area (Å²) in [5.74, 6) is 0.303. The minimum Gasteiger partial charge on any atom is -0.328 e. The topological polar surface area (TPSA) is 61.6 Å². The van der Waals surface area contributed by atoms with Gasteiger partial charge in [-0.25, -0.2) is 4.39 Å². The second kappa shape index (κ2) is 7.22. The van der Waals surface area contributed by atoms with Gasteiger partial charge in [-0.05, 0) is 23.8 Å². The van der Waals surface area contributed by atoms with Crippen molar-refractivity contribution < 1.29 is 4.39 Å². The zero-order valence-corrected chi connectivity index (χ0v) is 13.5. The fourth-order valence-electron chi connectivity index (χ4n) is 1.89. The summed E-state index contributed by atoms with van der Waals surface area (Å²) in [6.45, 7) is 0. The first kappa shape index (κ1) is 15.5. The largest absolute Gasteiger partial charge is 0.328 e. The smallest absolute Gasteiger partial charge is 0.210 e. The SMILES string of the molecule is N#Cc1ccccc1CSc1nnc(Nc2ccccc2F)s1. The molecule has 0 aliphatic rings. The first-order chi connectivity index (χ1) is 11.3. The van der Waals surface area contributed by atoms with E-state index in [-0.39, 0.29) is 5.82 Å². The predicted octanol–water partition coefficient (Wildman–Crippen LogP) is 4.58. The molecule has 0 unspecified atom stereocenters. The summed E-state index contributed by atoms with van der Waals surface area (Å²) in [7, 11) is 0. The number of nitriles is 1. The van der Waals surface area contributed by atoms with E-state index in [0.29, 0.717) is 22.1 Å². The van der Waals surface area contributed by atoms with Gasteiger partial charge in [-0.2, -0.15) is 5.26 Å². The van der Waals surface area contributed by atoms with Crippen LogP contribution in [0.3, 0.4) is 0 Å². The summed E-state index contributed by atoms with van der Waals surface area (Å²) < 4.78 is 14.4. The van der Waals surface area contributed by atoms with Gasteiger partial charge in [0.1, 0.15) is 5.82 Å². The number of halogens is 1. The Morgan fingerprint density at radius 2 is 1.91 bits per heavy atom. The van der Waals surface area contributed by atoms with Crippen LogP contribution in [-0.2, 0) is 5.75 Å². The Labute approximate surface area is 141 Å². The molecule has 0 fully saturated rings. The Bertz CT molecular complexity index is 857. The second-order valence-corrected chi connectivity index (χ2v) is 6.74. The number of benzene rings is 2. The average molecular weight is 342 g/mol. The van der Waals surface area contributed by atoms with E-state index in [4.69, 9.17) is 5.26 Å². The maximum atomic E-state index is 13.6. The summed E-state index contributed by atoms with van der Waals surface area (Å²) in [6, 6.07) is 16.1. The summed E-state index contributed by atoms with van der Waals surface area (Å²) in [4.78, 5) is 0. The Kier molecular flexibility index (Phi) is 4.86. The molecule has 1 aromatic heterocycles. The molecule has 0 amide bonds. The van der Waals surface area contributed by atoms with Crippen LogP contribution in [0, 0.1) is 17.1 Å². The van der Waals surface area contributed by atoms with E-state index in [1.807, 2.05) is 18.2 Å². The molecule has 0 saturated carbocycles. The van der Waals surface area contributed by atoms with E-state index in [1.165, 1.54) is 29.2 Å². The van der Waals surface area contributed by atoms with E-state index in [0.717, 1.165) is 9.90 Å². The van der Waals surface area contributed by atoms with Crippen LogP contribution in [0.4, 0.5) is 15.2 Å². The summed E-state index contributed by atoms with van der Waals surface area (Å²) in [6.07, 6.45) is 0. The quantitative estimate of drug-likeness (QED) is 0.687. The lowest BCUT2D eigenvalue weighted by Gasteiger charge is -2.02. The number of nitrogens with one attached hydrogen (secondary N) is 1. The zero-order valence-electron chi connectivity index (χ0n) is 11.9. The lowest BCUT2D eigenvalue weighted by atomic mass is 10.1. The third-order valence-corrected chi connectivity index (χ3v) is 5.03. The van der Waals surface area contributed by atoms with Gasteiger partial charge in [-0.1, -0.05) is 53.4 Å². The molecular weight excluding hydrogens is 331 g/mol. The molecule has 114 valence electrons. The van der Waals surface area contributed by atoms with Crippen molar-refractivity contribution in [3.05, 3.63) is 65.5 Å². The van der Waals surface area contributed by atoms with Gasteiger partial charge < -0.3 is 5.32 Å². The number of anilines is 2. The van der Waals surface area contributed by atoms with Gasteiger partial charge in [0.15, 0.2) is 4.34 Å². The van der Waals surface area contributed by atoms with Gasteiger partial charge in [-0.15, -0.1) is 10.2 Å². The molecule has 0 radical (unpaired) electrons. The number of hydrogen-bond donors (Lipinski definition) is 1. The van der Waals surface area contributed by atoms with Crippen LogP contribution < -0.4 is 5.32 Å². The fourth-order valence-corrected chi connectivity index (χ4v) is 3.66. The zero-order chi connectivity index (χ0) is 16.1. The minimum atomic E-state index is -0.333. The number of thioether (sulfide) groups is 1. The lowest BCUT2D eigenvalue weighted by Crippen LogP contribution is -1.92. The molecule has 23 heavy (non-hydrogen) atoms. The van der Waals surface area contributed by atoms with E-state index in [1.54, 1.807) is 24.3 Å². The predicted molar refractivity (Wildman–Crippen MR) is 90.3 cm³/mol. The second-order valence-electron chi connectivity index (χ2n) is 4.54. The van der Waals surface area contributed by atoms with Crippen LogP contribution in [0.15, 0.2) is 52.9 Å². The van der Waals surface area contributed by atoms with Gasteiger partial charge in [-0.3, -0.25) is 0 Å². The van der Waals surface area contributed by atoms with Crippen molar-refractivity contribution >= 4 is 33.9 Å². The van der Waals surface area contributed by atoms with Crippen LogP contribution in [0.5, 0.6) is 0 Å². The third-order valence-electron chi connectivity index (χ3n) is 3.01.